The van der Waals surface area contributed by atoms with Gasteiger partial charge in [-0.15, -0.1) is 0 Å². The number of carbonyl (C=O) groups excluding carboxylic acids is 2. The summed E-state index contributed by atoms with van der Waals surface area (Å²) in [5.41, 5.74) is 0.541. The van der Waals surface area contributed by atoms with Crippen LogP contribution < -0.4 is 0 Å². The summed E-state index contributed by atoms with van der Waals surface area (Å²) >= 11 is 0. The first-order valence-electron chi connectivity index (χ1n) is 7.49. The minimum absolute atomic E-state index is 0.203. The van der Waals surface area contributed by atoms with Crippen LogP contribution in [0.4, 0.5) is 0 Å². The minimum atomic E-state index is -0.324. The predicted octanol–water partition coefficient (Wildman–Crippen LogP) is 2.98. The molecule has 1 aromatic carbocycles. The van der Waals surface area contributed by atoms with E-state index >= 15 is 0 Å². The third kappa shape index (κ3) is 7.22. The molecular weight excluding hydrogens is 284 g/mol. The summed E-state index contributed by atoms with van der Waals surface area (Å²) in [7, 11) is 3.00. The van der Waals surface area contributed by atoms with Crippen molar-refractivity contribution in [2.24, 2.45) is 0 Å². The maximum Gasteiger partial charge on any atom is 0.338 e. The van der Waals surface area contributed by atoms with Crippen LogP contribution in [-0.4, -0.2) is 38.9 Å². The van der Waals surface area contributed by atoms with E-state index < -0.39 is 0 Å². The van der Waals surface area contributed by atoms with E-state index in [1.54, 1.807) is 31.4 Å². The number of hydrogen-bond donors (Lipinski definition) is 0. The average Bonchev–Trinajstić information content (AvgIpc) is 2.56. The summed E-state index contributed by atoms with van der Waals surface area (Å²) in [5, 5.41) is 0. The second-order valence-corrected chi connectivity index (χ2v) is 5.00. The van der Waals surface area contributed by atoms with Crippen molar-refractivity contribution < 1.29 is 23.8 Å². The monoisotopic (exact) mass is 308 g/mol. The first-order chi connectivity index (χ1) is 10.7. The van der Waals surface area contributed by atoms with Gasteiger partial charge >= 0.3 is 11.9 Å². The first kappa shape index (κ1) is 18.2. The van der Waals surface area contributed by atoms with Crippen molar-refractivity contribution in [3.63, 3.8) is 0 Å². The Hall–Kier alpha value is -1.88. The van der Waals surface area contributed by atoms with Gasteiger partial charge in [-0.2, -0.15) is 0 Å². The van der Waals surface area contributed by atoms with Gasteiger partial charge < -0.3 is 14.2 Å². The number of esters is 2. The summed E-state index contributed by atoms with van der Waals surface area (Å²) in [6.07, 6.45) is 3.06. The average molecular weight is 308 g/mol. The topological polar surface area (TPSA) is 61.8 Å². The van der Waals surface area contributed by atoms with E-state index in [0.29, 0.717) is 31.4 Å². The summed E-state index contributed by atoms with van der Waals surface area (Å²) in [6.45, 7) is 0.531. The lowest BCUT2D eigenvalue weighted by molar-refractivity contribution is -0.140. The summed E-state index contributed by atoms with van der Waals surface area (Å²) < 4.78 is 15.2. The number of unbranched alkanes of at least 4 members (excludes halogenated alkanes) is 1. The first-order valence-corrected chi connectivity index (χ1v) is 7.49. The molecule has 5 nitrogen and oxygen atoms in total. The second kappa shape index (κ2) is 10.8. The van der Waals surface area contributed by atoms with Crippen LogP contribution in [0.15, 0.2) is 30.3 Å². The highest BCUT2D eigenvalue weighted by Gasteiger charge is 2.16. The van der Waals surface area contributed by atoms with Gasteiger partial charge in [0.05, 0.1) is 12.7 Å². The largest absolute Gasteiger partial charge is 0.469 e. The number of hydrogen-bond acceptors (Lipinski definition) is 5. The second-order valence-electron chi connectivity index (χ2n) is 5.00. The summed E-state index contributed by atoms with van der Waals surface area (Å²) in [5.74, 6) is -0.538. The lowest BCUT2D eigenvalue weighted by Crippen LogP contribution is -2.20. The molecule has 0 aliphatic carbocycles. The Bertz CT molecular complexity index is 444. The molecule has 0 N–H and O–H groups in total. The molecule has 0 radical (unpaired) electrons. The molecule has 0 saturated carbocycles. The van der Waals surface area contributed by atoms with Crippen molar-refractivity contribution in [2.45, 2.75) is 38.2 Å². The Morgan fingerprint density at radius 2 is 1.77 bits per heavy atom. The zero-order valence-electron chi connectivity index (χ0n) is 13.2. The number of benzene rings is 1. The highest BCUT2D eigenvalue weighted by atomic mass is 16.5. The standard InChI is InChI=1S/C17H24O5/c1-20-13-12-15(10-6-7-11-16(18)21-2)22-17(19)14-8-4-3-5-9-14/h3-5,8-9,15H,6-7,10-13H2,1-2H3/t15-/m0/s1. The van der Waals surface area contributed by atoms with Gasteiger partial charge in [-0.1, -0.05) is 18.2 Å². The molecular formula is C17H24O5. The molecule has 0 aliphatic heterocycles. The zero-order valence-corrected chi connectivity index (χ0v) is 13.2. The Kier molecular flexibility index (Phi) is 8.91. The van der Waals surface area contributed by atoms with Gasteiger partial charge in [-0.3, -0.25) is 4.79 Å². The van der Waals surface area contributed by atoms with Crippen LogP contribution >= 0.6 is 0 Å². The minimum Gasteiger partial charge on any atom is -0.469 e. The van der Waals surface area contributed by atoms with E-state index in [-0.39, 0.29) is 18.0 Å². The van der Waals surface area contributed by atoms with Gasteiger partial charge in [0.25, 0.3) is 0 Å². The third-order valence-corrected chi connectivity index (χ3v) is 3.31. The highest BCUT2D eigenvalue weighted by molar-refractivity contribution is 5.89. The maximum atomic E-state index is 12.1. The normalized spacial score (nSPS) is 11.7. The Balaban J connectivity index is 2.42. The lowest BCUT2D eigenvalue weighted by Gasteiger charge is -2.17. The van der Waals surface area contributed by atoms with Crippen molar-refractivity contribution in [1.82, 2.24) is 0 Å². The van der Waals surface area contributed by atoms with Crippen LogP contribution in [0.1, 0.15) is 42.5 Å². The van der Waals surface area contributed by atoms with E-state index in [9.17, 15) is 9.59 Å². The third-order valence-electron chi connectivity index (χ3n) is 3.31. The molecule has 1 rings (SSSR count). The molecule has 0 bridgehead atoms. The highest BCUT2D eigenvalue weighted by Crippen LogP contribution is 2.14. The van der Waals surface area contributed by atoms with Gasteiger partial charge in [0, 0.05) is 26.6 Å². The van der Waals surface area contributed by atoms with Crippen LogP contribution in [0.3, 0.4) is 0 Å². The van der Waals surface area contributed by atoms with Crippen LogP contribution in [-0.2, 0) is 19.0 Å². The van der Waals surface area contributed by atoms with Crippen molar-refractivity contribution in [3.05, 3.63) is 35.9 Å². The van der Waals surface area contributed by atoms with Crippen molar-refractivity contribution >= 4 is 11.9 Å². The molecule has 0 saturated heterocycles. The van der Waals surface area contributed by atoms with Crippen molar-refractivity contribution in [2.75, 3.05) is 20.8 Å². The molecule has 5 heteroatoms. The fourth-order valence-electron chi connectivity index (χ4n) is 2.05. The number of rotatable bonds is 10. The van der Waals surface area contributed by atoms with Crippen LogP contribution in [0.5, 0.6) is 0 Å². The van der Waals surface area contributed by atoms with Gasteiger partial charge in [0.1, 0.15) is 6.10 Å². The van der Waals surface area contributed by atoms with Crippen LogP contribution in [0.25, 0.3) is 0 Å². The van der Waals surface area contributed by atoms with Crippen LogP contribution in [0, 0.1) is 0 Å². The molecule has 1 aromatic rings. The van der Waals surface area contributed by atoms with Gasteiger partial charge in [0.15, 0.2) is 0 Å². The van der Waals surface area contributed by atoms with E-state index in [2.05, 4.69) is 4.74 Å². The summed E-state index contributed by atoms with van der Waals surface area (Å²) in [4.78, 5) is 23.1. The molecule has 0 heterocycles. The van der Waals surface area contributed by atoms with Gasteiger partial charge in [0.2, 0.25) is 0 Å². The molecule has 0 amide bonds. The predicted molar refractivity (Wildman–Crippen MR) is 82.6 cm³/mol. The molecule has 0 aromatic heterocycles. The number of carbonyl (C=O) groups is 2. The van der Waals surface area contributed by atoms with Gasteiger partial charge in [-0.25, -0.2) is 4.79 Å². The van der Waals surface area contributed by atoms with Crippen molar-refractivity contribution in [3.8, 4) is 0 Å². The molecule has 0 fully saturated rings. The van der Waals surface area contributed by atoms with E-state index in [1.165, 1.54) is 7.11 Å². The smallest absolute Gasteiger partial charge is 0.338 e. The SMILES string of the molecule is COCC[C@H](CCCCC(=O)OC)OC(=O)c1ccccc1. The van der Waals surface area contributed by atoms with E-state index in [1.807, 2.05) is 6.07 Å². The molecule has 122 valence electrons. The Morgan fingerprint density at radius 3 is 2.41 bits per heavy atom. The Morgan fingerprint density at radius 1 is 1.05 bits per heavy atom. The molecule has 0 aliphatic rings. The zero-order chi connectivity index (χ0) is 16.2. The number of methoxy groups -OCH3 is 2. The Labute approximate surface area is 131 Å². The van der Waals surface area contributed by atoms with Crippen molar-refractivity contribution in [1.29, 1.82) is 0 Å². The molecule has 1 atom stereocenters. The molecule has 0 spiro atoms. The number of ether oxygens (including phenoxy) is 3. The van der Waals surface area contributed by atoms with Gasteiger partial charge in [-0.05, 0) is 31.4 Å². The molecule has 0 unspecified atom stereocenters. The maximum absolute atomic E-state index is 12.1. The lowest BCUT2D eigenvalue weighted by atomic mass is 10.1. The summed E-state index contributed by atoms with van der Waals surface area (Å²) in [6, 6.07) is 8.92. The fraction of sp³-hybridized carbons (Fsp3) is 0.529. The fourth-order valence-corrected chi connectivity index (χ4v) is 2.05. The molecule has 22 heavy (non-hydrogen) atoms. The van der Waals surface area contributed by atoms with E-state index in [4.69, 9.17) is 9.47 Å². The quantitative estimate of drug-likeness (QED) is 0.491. The van der Waals surface area contributed by atoms with E-state index in [0.717, 1.165) is 12.8 Å². The van der Waals surface area contributed by atoms with Crippen LogP contribution in [0.2, 0.25) is 0 Å².